The molecule has 2 heterocycles. The van der Waals surface area contributed by atoms with E-state index in [9.17, 15) is 4.79 Å². The Morgan fingerprint density at radius 2 is 2.00 bits per heavy atom. The van der Waals surface area contributed by atoms with Crippen LogP contribution in [-0.4, -0.2) is 10.8 Å². The van der Waals surface area contributed by atoms with Crippen LogP contribution in [0.2, 0.25) is 0 Å². The lowest BCUT2D eigenvalue weighted by Crippen LogP contribution is -2.07. The summed E-state index contributed by atoms with van der Waals surface area (Å²) < 4.78 is 5.44. The number of aromatic nitrogens is 1. The van der Waals surface area contributed by atoms with Crippen LogP contribution in [0.3, 0.4) is 0 Å². The first-order valence-electron chi connectivity index (χ1n) is 5.39. The van der Waals surface area contributed by atoms with Crippen LogP contribution in [0.4, 0.5) is 0 Å². The van der Waals surface area contributed by atoms with Crippen LogP contribution in [-0.2, 0) is 30.8 Å². The van der Waals surface area contributed by atoms with Gasteiger partial charge in [0.25, 0.3) is 0 Å². The van der Waals surface area contributed by atoms with Gasteiger partial charge < -0.3 is 4.74 Å². The summed E-state index contributed by atoms with van der Waals surface area (Å²) in [6, 6.07) is 0. The highest BCUT2D eigenvalue weighted by Gasteiger charge is 2.27. The molecule has 0 fully saturated rings. The molecule has 0 aromatic carbocycles. The largest absolute Gasteiger partial charge is 0.372 e. The average Bonchev–Trinajstić information content (AvgIpc) is 2.83. The number of rotatable bonds is 1. The van der Waals surface area contributed by atoms with Gasteiger partial charge in [-0.1, -0.05) is 0 Å². The van der Waals surface area contributed by atoms with E-state index in [1.165, 1.54) is 11.1 Å². The van der Waals surface area contributed by atoms with Crippen LogP contribution in [0, 0.1) is 0 Å². The molecule has 0 saturated heterocycles. The maximum absolute atomic E-state index is 11.5. The van der Waals surface area contributed by atoms with Gasteiger partial charge in [-0.2, -0.15) is 0 Å². The molecule has 0 bridgehead atoms. The summed E-state index contributed by atoms with van der Waals surface area (Å²) in [5.41, 5.74) is 5.42. The van der Waals surface area contributed by atoms with Gasteiger partial charge in [0.1, 0.15) is 5.69 Å². The van der Waals surface area contributed by atoms with E-state index in [0.717, 1.165) is 30.5 Å². The van der Waals surface area contributed by atoms with E-state index in [2.05, 4.69) is 4.98 Å². The predicted molar refractivity (Wildman–Crippen MR) is 54.8 cm³/mol. The van der Waals surface area contributed by atoms with E-state index >= 15 is 0 Å². The quantitative estimate of drug-likeness (QED) is 0.653. The minimum atomic E-state index is 0.0615. The second-order valence-electron chi connectivity index (χ2n) is 4.25. The molecule has 3 heteroatoms. The molecule has 0 N–H and O–H groups in total. The van der Waals surface area contributed by atoms with Crippen LogP contribution in [0.1, 0.15) is 46.2 Å². The number of ether oxygens (including phenoxy) is 1. The Morgan fingerprint density at radius 1 is 1.20 bits per heavy atom. The van der Waals surface area contributed by atoms with Gasteiger partial charge in [0.2, 0.25) is 0 Å². The van der Waals surface area contributed by atoms with Crippen LogP contribution in [0.25, 0.3) is 0 Å². The maximum Gasteiger partial charge on any atom is 0.178 e. The van der Waals surface area contributed by atoms with Gasteiger partial charge in [0.15, 0.2) is 5.78 Å². The monoisotopic (exact) mass is 203 g/mol. The topological polar surface area (TPSA) is 39.2 Å². The van der Waals surface area contributed by atoms with Crippen molar-refractivity contribution in [2.75, 3.05) is 0 Å². The van der Waals surface area contributed by atoms with E-state index in [4.69, 9.17) is 4.74 Å². The van der Waals surface area contributed by atoms with Gasteiger partial charge in [-0.05, 0) is 30.4 Å². The molecule has 0 amide bonds. The summed E-state index contributed by atoms with van der Waals surface area (Å²) in [5, 5.41) is 0. The molecular weight excluding hydrogens is 190 g/mol. The minimum absolute atomic E-state index is 0.0615. The average molecular weight is 203 g/mol. The lowest BCUT2D eigenvalue weighted by Gasteiger charge is -2.08. The van der Waals surface area contributed by atoms with Crippen molar-refractivity contribution in [3.8, 4) is 0 Å². The van der Waals surface area contributed by atoms with Gasteiger partial charge in [-0.15, -0.1) is 0 Å². The maximum atomic E-state index is 11.5. The molecule has 0 atom stereocenters. The van der Waals surface area contributed by atoms with Crippen molar-refractivity contribution in [3.63, 3.8) is 0 Å². The van der Waals surface area contributed by atoms with E-state index < -0.39 is 0 Å². The zero-order valence-electron chi connectivity index (χ0n) is 8.80. The molecule has 78 valence electrons. The second kappa shape index (κ2) is 3.14. The molecule has 0 unspecified atom stereocenters. The Bertz CT molecular complexity index is 451. The third-order valence-corrected chi connectivity index (χ3v) is 3.28. The lowest BCUT2D eigenvalue weighted by molar-refractivity contribution is 0.100. The number of aryl methyl sites for hydroxylation is 1. The standard InChI is InChI=1S/C12H13NO2/c1-7(14)12-10-6-15-5-9(10)8-3-2-4-11(8)13-12/h2-6H2,1H3. The molecule has 0 radical (unpaired) electrons. The number of nitrogens with zero attached hydrogens (tertiary/aromatic N) is 1. The smallest absolute Gasteiger partial charge is 0.178 e. The molecule has 1 aliphatic carbocycles. The summed E-state index contributed by atoms with van der Waals surface area (Å²) >= 11 is 0. The van der Waals surface area contributed by atoms with Crippen LogP contribution in [0.5, 0.6) is 0 Å². The van der Waals surface area contributed by atoms with Gasteiger partial charge in [0.05, 0.1) is 13.2 Å². The van der Waals surface area contributed by atoms with E-state index in [1.54, 1.807) is 6.92 Å². The number of carbonyl (C=O) groups is 1. The molecule has 1 aromatic rings. The number of ketones is 1. The number of fused-ring (bicyclic) bond motifs is 3. The van der Waals surface area contributed by atoms with Gasteiger partial charge >= 0.3 is 0 Å². The summed E-state index contributed by atoms with van der Waals surface area (Å²) in [4.78, 5) is 16.0. The van der Waals surface area contributed by atoms with Crippen LogP contribution < -0.4 is 0 Å². The van der Waals surface area contributed by atoms with Crippen molar-refractivity contribution >= 4 is 5.78 Å². The number of carbonyl (C=O) groups excluding carboxylic acids is 1. The molecule has 0 spiro atoms. The molecule has 1 aromatic heterocycles. The molecule has 15 heavy (non-hydrogen) atoms. The highest BCUT2D eigenvalue weighted by molar-refractivity contribution is 5.94. The summed E-state index contributed by atoms with van der Waals surface area (Å²) in [7, 11) is 0. The van der Waals surface area contributed by atoms with Crippen molar-refractivity contribution < 1.29 is 9.53 Å². The third kappa shape index (κ3) is 1.23. The van der Waals surface area contributed by atoms with Crippen molar-refractivity contribution in [3.05, 3.63) is 28.1 Å². The Hall–Kier alpha value is -1.22. The fourth-order valence-electron chi connectivity index (χ4n) is 2.58. The first kappa shape index (κ1) is 9.04. The van der Waals surface area contributed by atoms with Gasteiger partial charge in [0, 0.05) is 18.2 Å². The number of pyridine rings is 1. The van der Waals surface area contributed by atoms with Crippen molar-refractivity contribution in [2.24, 2.45) is 0 Å². The fraction of sp³-hybridized carbons (Fsp3) is 0.500. The molecular formula is C12H13NO2. The molecule has 3 rings (SSSR count). The van der Waals surface area contributed by atoms with Crippen molar-refractivity contribution in [2.45, 2.75) is 39.4 Å². The molecule has 2 aliphatic rings. The summed E-state index contributed by atoms with van der Waals surface area (Å²) in [5.74, 6) is 0.0615. The lowest BCUT2D eigenvalue weighted by atomic mass is 10.0. The highest BCUT2D eigenvalue weighted by atomic mass is 16.5. The Labute approximate surface area is 88.5 Å². The highest BCUT2D eigenvalue weighted by Crippen LogP contribution is 2.32. The van der Waals surface area contributed by atoms with Crippen molar-refractivity contribution in [1.82, 2.24) is 4.98 Å². The fourth-order valence-corrected chi connectivity index (χ4v) is 2.58. The predicted octanol–water partition coefficient (Wildman–Crippen LogP) is 1.80. The SMILES string of the molecule is CC(=O)c1nc2c(c3c1COC3)CCC2. The zero-order valence-corrected chi connectivity index (χ0v) is 8.80. The van der Waals surface area contributed by atoms with Gasteiger partial charge in [-0.25, -0.2) is 4.98 Å². The number of hydrogen-bond acceptors (Lipinski definition) is 3. The Morgan fingerprint density at radius 3 is 2.80 bits per heavy atom. The normalized spacial score (nSPS) is 17.7. The van der Waals surface area contributed by atoms with Gasteiger partial charge in [-0.3, -0.25) is 4.79 Å². The minimum Gasteiger partial charge on any atom is -0.372 e. The van der Waals surface area contributed by atoms with Crippen LogP contribution in [0.15, 0.2) is 0 Å². The summed E-state index contributed by atoms with van der Waals surface area (Å²) in [6.07, 6.45) is 3.28. The second-order valence-corrected chi connectivity index (χ2v) is 4.25. The van der Waals surface area contributed by atoms with Crippen molar-refractivity contribution in [1.29, 1.82) is 0 Å². The van der Waals surface area contributed by atoms with E-state index in [0.29, 0.717) is 18.9 Å². The number of hydrogen-bond donors (Lipinski definition) is 0. The molecule has 1 aliphatic heterocycles. The Kier molecular flexibility index (Phi) is 1.89. The first-order valence-corrected chi connectivity index (χ1v) is 5.39. The Balaban J connectivity index is 2.27. The molecule has 3 nitrogen and oxygen atoms in total. The summed E-state index contributed by atoms with van der Waals surface area (Å²) in [6.45, 7) is 2.81. The molecule has 0 saturated carbocycles. The van der Waals surface area contributed by atoms with Crippen LogP contribution >= 0.6 is 0 Å². The number of Topliss-reactive ketones (excluding diaryl/α,β-unsaturated/α-hetero) is 1. The first-order chi connectivity index (χ1) is 7.27. The zero-order chi connectivity index (χ0) is 10.4. The van der Waals surface area contributed by atoms with E-state index in [-0.39, 0.29) is 5.78 Å². The van der Waals surface area contributed by atoms with E-state index in [1.807, 2.05) is 0 Å². The third-order valence-electron chi connectivity index (χ3n) is 3.28.